The third-order valence-electron chi connectivity index (χ3n) is 2.94. The van der Waals surface area contributed by atoms with Gasteiger partial charge in [0.1, 0.15) is 0 Å². The standard InChI is InChI=1S/C11H22N2/c1-9-4-3-5-11(8-9)6-7-13-10(2)12/h9,11H,3-8H2,1-2H3,(H2,12,13). The van der Waals surface area contributed by atoms with E-state index in [0.29, 0.717) is 0 Å². The predicted molar refractivity (Wildman–Crippen MR) is 57.9 cm³/mol. The molecule has 1 aliphatic carbocycles. The maximum atomic E-state index is 5.49. The quantitative estimate of drug-likeness (QED) is 0.529. The summed E-state index contributed by atoms with van der Waals surface area (Å²) in [5.74, 6) is 2.57. The van der Waals surface area contributed by atoms with Gasteiger partial charge in [-0.15, -0.1) is 0 Å². The fraction of sp³-hybridized carbons (Fsp3) is 0.909. The van der Waals surface area contributed by atoms with E-state index in [1.54, 1.807) is 0 Å². The largest absolute Gasteiger partial charge is 0.388 e. The van der Waals surface area contributed by atoms with Crippen LogP contribution in [-0.2, 0) is 0 Å². The highest BCUT2D eigenvalue weighted by molar-refractivity contribution is 5.77. The second-order valence-corrected chi connectivity index (χ2v) is 4.45. The number of aliphatic imine (C=N–C) groups is 1. The number of hydrogen-bond acceptors (Lipinski definition) is 1. The molecule has 0 bridgehead atoms. The fourth-order valence-electron chi connectivity index (χ4n) is 2.25. The molecule has 1 fully saturated rings. The number of amidine groups is 1. The third-order valence-corrected chi connectivity index (χ3v) is 2.94. The Morgan fingerprint density at radius 3 is 2.85 bits per heavy atom. The highest BCUT2D eigenvalue weighted by Gasteiger charge is 2.17. The van der Waals surface area contributed by atoms with Crippen LogP contribution in [0.15, 0.2) is 4.99 Å². The molecule has 0 aromatic heterocycles. The molecule has 13 heavy (non-hydrogen) atoms. The van der Waals surface area contributed by atoms with E-state index in [1.807, 2.05) is 6.92 Å². The van der Waals surface area contributed by atoms with Crippen molar-refractivity contribution < 1.29 is 0 Å². The summed E-state index contributed by atoms with van der Waals surface area (Å²) in [4.78, 5) is 4.24. The van der Waals surface area contributed by atoms with Crippen LogP contribution in [0.5, 0.6) is 0 Å². The van der Waals surface area contributed by atoms with Gasteiger partial charge in [-0.25, -0.2) is 0 Å². The van der Waals surface area contributed by atoms with Crippen LogP contribution in [0.2, 0.25) is 0 Å². The van der Waals surface area contributed by atoms with Crippen LogP contribution < -0.4 is 5.73 Å². The molecule has 0 aliphatic heterocycles. The zero-order valence-corrected chi connectivity index (χ0v) is 8.92. The van der Waals surface area contributed by atoms with Gasteiger partial charge in [0.15, 0.2) is 0 Å². The van der Waals surface area contributed by atoms with Crippen molar-refractivity contribution >= 4 is 5.84 Å². The minimum absolute atomic E-state index is 0.726. The monoisotopic (exact) mass is 182 g/mol. The van der Waals surface area contributed by atoms with Crippen molar-refractivity contribution in [3.05, 3.63) is 0 Å². The van der Waals surface area contributed by atoms with E-state index in [1.165, 1.54) is 32.1 Å². The molecule has 2 nitrogen and oxygen atoms in total. The van der Waals surface area contributed by atoms with E-state index in [9.17, 15) is 0 Å². The molecule has 0 amide bonds. The van der Waals surface area contributed by atoms with Crippen LogP contribution in [0.3, 0.4) is 0 Å². The van der Waals surface area contributed by atoms with Crippen molar-refractivity contribution in [2.75, 3.05) is 6.54 Å². The minimum Gasteiger partial charge on any atom is -0.388 e. The van der Waals surface area contributed by atoms with Gasteiger partial charge in [0.2, 0.25) is 0 Å². The molecule has 0 aromatic rings. The molecule has 2 atom stereocenters. The van der Waals surface area contributed by atoms with Gasteiger partial charge in [0.25, 0.3) is 0 Å². The van der Waals surface area contributed by atoms with Crippen molar-refractivity contribution in [1.29, 1.82) is 0 Å². The fourth-order valence-corrected chi connectivity index (χ4v) is 2.25. The lowest BCUT2D eigenvalue weighted by Crippen LogP contribution is -2.15. The molecule has 1 saturated carbocycles. The van der Waals surface area contributed by atoms with E-state index < -0.39 is 0 Å². The van der Waals surface area contributed by atoms with Gasteiger partial charge in [0, 0.05) is 6.54 Å². The van der Waals surface area contributed by atoms with Crippen LogP contribution in [-0.4, -0.2) is 12.4 Å². The molecule has 2 heteroatoms. The van der Waals surface area contributed by atoms with Crippen LogP contribution in [0.25, 0.3) is 0 Å². The Kier molecular flexibility index (Phi) is 4.26. The van der Waals surface area contributed by atoms with Crippen LogP contribution in [0.1, 0.15) is 46.0 Å². The van der Waals surface area contributed by atoms with Gasteiger partial charge in [-0.1, -0.05) is 26.2 Å². The Morgan fingerprint density at radius 1 is 1.46 bits per heavy atom. The summed E-state index contributed by atoms with van der Waals surface area (Å²) in [5, 5.41) is 0. The summed E-state index contributed by atoms with van der Waals surface area (Å²) in [6.45, 7) is 5.16. The van der Waals surface area contributed by atoms with E-state index in [0.717, 1.165) is 24.2 Å². The predicted octanol–water partition coefficient (Wildman–Crippen LogP) is 2.58. The van der Waals surface area contributed by atoms with E-state index in [-0.39, 0.29) is 0 Å². The molecular weight excluding hydrogens is 160 g/mol. The SMILES string of the molecule is CC(N)=NCCC1CCCC(C)C1. The number of rotatable bonds is 3. The Labute approximate surface area is 81.6 Å². The molecule has 0 aromatic carbocycles. The van der Waals surface area contributed by atoms with Crippen molar-refractivity contribution in [2.45, 2.75) is 46.0 Å². The van der Waals surface area contributed by atoms with E-state index in [2.05, 4.69) is 11.9 Å². The van der Waals surface area contributed by atoms with E-state index >= 15 is 0 Å². The van der Waals surface area contributed by atoms with Gasteiger partial charge >= 0.3 is 0 Å². The minimum atomic E-state index is 0.726. The molecule has 0 spiro atoms. The van der Waals surface area contributed by atoms with Crippen molar-refractivity contribution in [2.24, 2.45) is 22.6 Å². The molecule has 0 radical (unpaired) electrons. The lowest BCUT2D eigenvalue weighted by atomic mass is 9.81. The van der Waals surface area contributed by atoms with Gasteiger partial charge in [-0.3, -0.25) is 4.99 Å². The first-order valence-corrected chi connectivity index (χ1v) is 5.45. The highest BCUT2D eigenvalue weighted by atomic mass is 14.8. The van der Waals surface area contributed by atoms with Gasteiger partial charge < -0.3 is 5.73 Å². The number of hydrogen-bond donors (Lipinski definition) is 1. The summed E-state index contributed by atoms with van der Waals surface area (Å²) in [6, 6.07) is 0. The zero-order chi connectivity index (χ0) is 9.68. The molecular formula is C11H22N2. The first-order chi connectivity index (χ1) is 6.18. The lowest BCUT2D eigenvalue weighted by Gasteiger charge is -2.26. The third kappa shape index (κ3) is 4.30. The van der Waals surface area contributed by atoms with Crippen molar-refractivity contribution in [3.8, 4) is 0 Å². The Balaban J connectivity index is 2.17. The second kappa shape index (κ2) is 5.25. The molecule has 0 saturated heterocycles. The molecule has 1 aliphatic rings. The highest BCUT2D eigenvalue weighted by Crippen LogP contribution is 2.30. The van der Waals surface area contributed by atoms with Crippen molar-refractivity contribution in [1.82, 2.24) is 0 Å². The molecule has 1 rings (SSSR count). The topological polar surface area (TPSA) is 38.4 Å². The maximum absolute atomic E-state index is 5.49. The van der Waals surface area contributed by atoms with Crippen LogP contribution in [0, 0.1) is 11.8 Å². The summed E-state index contributed by atoms with van der Waals surface area (Å²) < 4.78 is 0. The lowest BCUT2D eigenvalue weighted by molar-refractivity contribution is 0.273. The zero-order valence-electron chi connectivity index (χ0n) is 8.92. The summed E-state index contributed by atoms with van der Waals surface area (Å²) in [6.07, 6.45) is 6.88. The Hall–Kier alpha value is -0.530. The Morgan fingerprint density at radius 2 is 2.23 bits per heavy atom. The normalized spacial score (nSPS) is 30.5. The molecule has 2 unspecified atom stereocenters. The number of nitrogens with zero attached hydrogens (tertiary/aromatic N) is 1. The first-order valence-electron chi connectivity index (χ1n) is 5.45. The molecule has 0 heterocycles. The Bertz CT molecular complexity index is 171. The van der Waals surface area contributed by atoms with Crippen LogP contribution >= 0.6 is 0 Å². The maximum Gasteiger partial charge on any atom is 0.0905 e. The van der Waals surface area contributed by atoms with E-state index in [4.69, 9.17) is 5.73 Å². The summed E-state index contributed by atoms with van der Waals surface area (Å²) in [5.41, 5.74) is 5.49. The summed E-state index contributed by atoms with van der Waals surface area (Å²) in [7, 11) is 0. The average Bonchev–Trinajstić information content (AvgIpc) is 2.03. The first kappa shape index (κ1) is 10.6. The molecule has 76 valence electrons. The van der Waals surface area contributed by atoms with Gasteiger partial charge in [0.05, 0.1) is 5.84 Å². The van der Waals surface area contributed by atoms with Crippen molar-refractivity contribution in [3.63, 3.8) is 0 Å². The van der Waals surface area contributed by atoms with Gasteiger partial charge in [-0.2, -0.15) is 0 Å². The second-order valence-electron chi connectivity index (χ2n) is 4.45. The number of nitrogens with two attached hydrogens (primary N) is 1. The smallest absolute Gasteiger partial charge is 0.0905 e. The summed E-state index contributed by atoms with van der Waals surface area (Å²) >= 11 is 0. The van der Waals surface area contributed by atoms with Gasteiger partial charge in [-0.05, 0) is 31.6 Å². The van der Waals surface area contributed by atoms with Crippen LogP contribution in [0.4, 0.5) is 0 Å². The molecule has 2 N–H and O–H groups in total. The average molecular weight is 182 g/mol.